The molecule has 0 aromatic heterocycles. The zero-order valence-corrected chi connectivity index (χ0v) is 9.43. The second-order valence-corrected chi connectivity index (χ2v) is 5.38. The first-order valence-electron chi connectivity index (χ1n) is 5.81. The van der Waals surface area contributed by atoms with Crippen molar-refractivity contribution in [3.63, 3.8) is 0 Å². The number of hydrogen-bond acceptors (Lipinski definition) is 0. The first kappa shape index (κ1) is 9.30. The Hall–Kier alpha value is -0.260. The molecule has 74 valence electrons. The zero-order valence-electron chi connectivity index (χ0n) is 9.43. The van der Waals surface area contributed by atoms with Crippen LogP contribution < -0.4 is 0 Å². The molecule has 0 aromatic rings. The Morgan fingerprint density at radius 1 is 1.54 bits per heavy atom. The second kappa shape index (κ2) is 2.87. The third-order valence-electron chi connectivity index (χ3n) is 4.56. The molecule has 0 aliphatic heterocycles. The van der Waals surface area contributed by atoms with Crippen molar-refractivity contribution in [3.8, 4) is 0 Å². The van der Waals surface area contributed by atoms with Gasteiger partial charge >= 0.3 is 0 Å². The molecule has 2 fully saturated rings. The van der Waals surface area contributed by atoms with Crippen LogP contribution in [-0.2, 0) is 0 Å². The molecule has 0 bridgehead atoms. The highest BCUT2D eigenvalue weighted by Gasteiger charge is 2.69. The van der Waals surface area contributed by atoms with E-state index in [2.05, 4.69) is 33.8 Å². The second-order valence-electron chi connectivity index (χ2n) is 5.38. The van der Waals surface area contributed by atoms with E-state index in [9.17, 15) is 0 Å². The lowest BCUT2D eigenvalue weighted by atomic mass is 9.90. The molecule has 2 aliphatic carbocycles. The number of unbranched alkanes of at least 4 members (excludes halogenated alkanes) is 1. The number of hydrogen-bond donors (Lipinski definition) is 0. The van der Waals surface area contributed by atoms with E-state index in [0.717, 1.165) is 17.8 Å². The molecule has 0 nitrogen and oxygen atoms in total. The fraction of sp³-hybridized carbons (Fsp3) is 0.846. The van der Waals surface area contributed by atoms with Crippen LogP contribution in [0, 0.1) is 23.2 Å². The summed E-state index contributed by atoms with van der Waals surface area (Å²) in [6.45, 7) is 9.52. The summed E-state index contributed by atoms with van der Waals surface area (Å²) in [6.07, 6.45) is 6.53. The summed E-state index contributed by atoms with van der Waals surface area (Å²) in [7, 11) is 0. The molecule has 2 aliphatic rings. The summed E-state index contributed by atoms with van der Waals surface area (Å²) in [5.41, 5.74) is 2.46. The largest absolute Gasteiger partial charge is 0.0850 e. The predicted molar refractivity (Wildman–Crippen MR) is 57.5 cm³/mol. The van der Waals surface area contributed by atoms with Crippen LogP contribution in [0.3, 0.4) is 0 Å². The SMILES string of the molecule is CCCC=C1CC2C1C2(C)C(C)C. The molecule has 0 N–H and O–H groups in total. The van der Waals surface area contributed by atoms with Crippen LogP contribution >= 0.6 is 0 Å². The summed E-state index contributed by atoms with van der Waals surface area (Å²) in [5.74, 6) is 2.91. The maximum Gasteiger partial charge on any atom is -0.0107 e. The quantitative estimate of drug-likeness (QED) is 0.572. The van der Waals surface area contributed by atoms with Crippen LogP contribution in [-0.4, -0.2) is 0 Å². The normalized spacial score (nSPS) is 44.8. The van der Waals surface area contributed by atoms with Gasteiger partial charge in [-0.25, -0.2) is 0 Å². The van der Waals surface area contributed by atoms with Crippen molar-refractivity contribution < 1.29 is 0 Å². The van der Waals surface area contributed by atoms with E-state index in [1.54, 1.807) is 5.57 Å². The van der Waals surface area contributed by atoms with E-state index in [0.29, 0.717) is 5.41 Å². The minimum absolute atomic E-state index is 0.680. The molecule has 0 radical (unpaired) electrons. The molecule has 3 atom stereocenters. The van der Waals surface area contributed by atoms with E-state index >= 15 is 0 Å². The Labute approximate surface area is 82.4 Å². The Morgan fingerprint density at radius 3 is 2.69 bits per heavy atom. The maximum absolute atomic E-state index is 2.51. The van der Waals surface area contributed by atoms with Crippen LogP contribution in [0.15, 0.2) is 11.6 Å². The minimum Gasteiger partial charge on any atom is -0.0850 e. The van der Waals surface area contributed by atoms with Crippen molar-refractivity contribution in [2.45, 2.75) is 47.0 Å². The summed E-state index contributed by atoms with van der Waals surface area (Å²) in [4.78, 5) is 0. The molecule has 0 spiro atoms. The van der Waals surface area contributed by atoms with Crippen molar-refractivity contribution in [2.24, 2.45) is 23.2 Å². The van der Waals surface area contributed by atoms with Gasteiger partial charge in [-0.15, -0.1) is 0 Å². The van der Waals surface area contributed by atoms with Gasteiger partial charge in [-0.3, -0.25) is 0 Å². The van der Waals surface area contributed by atoms with Crippen LogP contribution in [0.5, 0.6) is 0 Å². The molecule has 2 saturated carbocycles. The topological polar surface area (TPSA) is 0 Å². The lowest BCUT2D eigenvalue weighted by Gasteiger charge is -2.15. The van der Waals surface area contributed by atoms with Gasteiger partial charge < -0.3 is 0 Å². The molecule has 0 heteroatoms. The highest BCUT2D eigenvalue weighted by Crippen LogP contribution is 2.75. The van der Waals surface area contributed by atoms with Gasteiger partial charge in [0.05, 0.1) is 0 Å². The van der Waals surface area contributed by atoms with Crippen LogP contribution in [0.1, 0.15) is 47.0 Å². The predicted octanol–water partition coefficient (Wildman–Crippen LogP) is 4.02. The first-order valence-corrected chi connectivity index (χ1v) is 5.81. The monoisotopic (exact) mass is 178 g/mol. The lowest BCUT2D eigenvalue weighted by molar-refractivity contribution is 0.364. The van der Waals surface area contributed by atoms with E-state index in [4.69, 9.17) is 0 Å². The van der Waals surface area contributed by atoms with Gasteiger partial charge in [0.15, 0.2) is 0 Å². The highest BCUT2D eigenvalue weighted by molar-refractivity contribution is 5.36. The van der Waals surface area contributed by atoms with Gasteiger partial charge in [0.2, 0.25) is 0 Å². The molecule has 3 unspecified atom stereocenters. The van der Waals surface area contributed by atoms with Gasteiger partial charge in [0.25, 0.3) is 0 Å². The third-order valence-corrected chi connectivity index (χ3v) is 4.56. The third kappa shape index (κ3) is 1.11. The van der Waals surface area contributed by atoms with E-state index in [1.165, 1.54) is 19.3 Å². The van der Waals surface area contributed by atoms with E-state index in [-0.39, 0.29) is 0 Å². The molecule has 0 heterocycles. The van der Waals surface area contributed by atoms with Gasteiger partial charge in [-0.05, 0) is 36.0 Å². The number of rotatable bonds is 3. The highest BCUT2D eigenvalue weighted by atomic mass is 14.7. The first-order chi connectivity index (χ1) is 6.12. The molecular formula is C13H22. The summed E-state index contributed by atoms with van der Waals surface area (Å²) < 4.78 is 0. The average Bonchev–Trinajstić information content (AvgIpc) is 2.50. The summed E-state index contributed by atoms with van der Waals surface area (Å²) >= 11 is 0. The fourth-order valence-electron chi connectivity index (χ4n) is 3.17. The van der Waals surface area contributed by atoms with Crippen molar-refractivity contribution in [1.29, 1.82) is 0 Å². The summed E-state index contributed by atoms with van der Waals surface area (Å²) in [5, 5.41) is 0. The maximum atomic E-state index is 2.51. The Morgan fingerprint density at radius 2 is 2.23 bits per heavy atom. The van der Waals surface area contributed by atoms with Crippen molar-refractivity contribution in [1.82, 2.24) is 0 Å². The Kier molecular flexibility index (Phi) is 2.05. The molecule has 0 saturated heterocycles. The zero-order chi connectivity index (χ0) is 9.64. The Balaban J connectivity index is 1.99. The molecule has 0 amide bonds. The molecular weight excluding hydrogens is 156 g/mol. The van der Waals surface area contributed by atoms with Gasteiger partial charge in [-0.2, -0.15) is 0 Å². The van der Waals surface area contributed by atoms with Crippen LogP contribution in [0.4, 0.5) is 0 Å². The number of fused-ring (bicyclic) bond motifs is 1. The van der Waals surface area contributed by atoms with Crippen molar-refractivity contribution >= 4 is 0 Å². The number of allylic oxidation sites excluding steroid dienone is 2. The van der Waals surface area contributed by atoms with Crippen molar-refractivity contribution in [2.75, 3.05) is 0 Å². The molecule has 13 heavy (non-hydrogen) atoms. The molecule has 2 rings (SSSR count). The van der Waals surface area contributed by atoms with E-state index < -0.39 is 0 Å². The fourth-order valence-corrected chi connectivity index (χ4v) is 3.17. The van der Waals surface area contributed by atoms with Crippen LogP contribution in [0.25, 0.3) is 0 Å². The van der Waals surface area contributed by atoms with Gasteiger partial charge in [-0.1, -0.05) is 45.8 Å². The van der Waals surface area contributed by atoms with Crippen molar-refractivity contribution in [3.05, 3.63) is 11.6 Å². The lowest BCUT2D eigenvalue weighted by Crippen LogP contribution is -2.06. The van der Waals surface area contributed by atoms with Gasteiger partial charge in [0, 0.05) is 0 Å². The smallest absolute Gasteiger partial charge is 0.0107 e. The summed E-state index contributed by atoms with van der Waals surface area (Å²) in [6, 6.07) is 0. The minimum atomic E-state index is 0.680. The standard InChI is InChI=1S/C13H22/c1-5-6-7-10-8-11-12(10)13(11,4)9(2)3/h7,9,11-12H,5-6,8H2,1-4H3. The molecule has 0 aromatic carbocycles. The van der Waals surface area contributed by atoms with Crippen LogP contribution in [0.2, 0.25) is 0 Å². The van der Waals surface area contributed by atoms with E-state index in [1.807, 2.05) is 0 Å². The van der Waals surface area contributed by atoms with Gasteiger partial charge in [0.1, 0.15) is 0 Å². The average molecular weight is 178 g/mol. The Bertz CT molecular complexity index is 236.